The Balaban J connectivity index is 1.67. The number of amides is 1. The first-order valence-electron chi connectivity index (χ1n) is 8.22. The van der Waals surface area contributed by atoms with Gasteiger partial charge in [0.25, 0.3) is 5.91 Å². The first kappa shape index (κ1) is 19.0. The maximum atomic E-state index is 13.6. The highest BCUT2D eigenvalue weighted by molar-refractivity contribution is 6.32. The maximum absolute atomic E-state index is 13.6. The van der Waals surface area contributed by atoms with E-state index >= 15 is 0 Å². The third-order valence-electron chi connectivity index (χ3n) is 3.92. The van der Waals surface area contributed by atoms with Crippen molar-refractivity contribution in [1.82, 2.24) is 0 Å². The number of carbonyl (C=O) groups is 2. The summed E-state index contributed by atoms with van der Waals surface area (Å²) in [6.45, 7) is 3.74. The van der Waals surface area contributed by atoms with E-state index in [4.69, 9.17) is 25.8 Å². The van der Waals surface area contributed by atoms with Gasteiger partial charge in [-0.2, -0.15) is 0 Å². The lowest BCUT2D eigenvalue weighted by Crippen LogP contribution is -2.30. The fraction of sp³-hybridized carbons (Fsp3) is 0.263. The molecule has 1 N–H and O–H groups in total. The van der Waals surface area contributed by atoms with Crippen molar-refractivity contribution < 1.29 is 28.2 Å². The van der Waals surface area contributed by atoms with E-state index in [0.717, 1.165) is 0 Å². The van der Waals surface area contributed by atoms with Crippen LogP contribution in [0.25, 0.3) is 0 Å². The first-order chi connectivity index (χ1) is 12.8. The lowest BCUT2D eigenvalue weighted by atomic mass is 10.2. The Hall–Kier alpha value is -2.80. The molecule has 0 radical (unpaired) electrons. The van der Waals surface area contributed by atoms with Gasteiger partial charge in [-0.05, 0) is 43.7 Å². The molecule has 1 aliphatic rings. The molecular weight excluding hydrogens is 377 g/mol. The summed E-state index contributed by atoms with van der Waals surface area (Å²) >= 11 is 6.10. The second-order valence-corrected chi connectivity index (χ2v) is 6.39. The van der Waals surface area contributed by atoms with Crippen molar-refractivity contribution in [2.75, 3.05) is 18.5 Å². The minimum Gasteiger partial charge on any atom is -0.486 e. The smallest absolute Gasteiger partial charge is 0.339 e. The number of ether oxygens (including phenoxy) is 3. The van der Waals surface area contributed by atoms with E-state index in [0.29, 0.717) is 30.3 Å². The van der Waals surface area contributed by atoms with Crippen LogP contribution in [0, 0.1) is 12.7 Å². The fourth-order valence-corrected chi connectivity index (χ4v) is 2.69. The molecule has 142 valence electrons. The van der Waals surface area contributed by atoms with Crippen molar-refractivity contribution in [3.8, 4) is 11.5 Å². The Morgan fingerprint density at radius 3 is 2.70 bits per heavy atom. The Bertz CT molecular complexity index is 902. The maximum Gasteiger partial charge on any atom is 0.339 e. The molecule has 0 aromatic heterocycles. The van der Waals surface area contributed by atoms with Gasteiger partial charge in [-0.15, -0.1) is 0 Å². The van der Waals surface area contributed by atoms with E-state index in [1.807, 2.05) is 0 Å². The third kappa shape index (κ3) is 4.31. The SMILES string of the molecule is Cc1ccc(NC(=O)[C@H](C)OC(=O)c2cc(Cl)c3c(c2)OCCO3)cc1F. The van der Waals surface area contributed by atoms with Gasteiger partial charge in [-0.1, -0.05) is 17.7 Å². The van der Waals surface area contributed by atoms with Crippen LogP contribution in [-0.4, -0.2) is 31.2 Å². The van der Waals surface area contributed by atoms with Crippen LogP contribution in [0.2, 0.25) is 5.02 Å². The van der Waals surface area contributed by atoms with Crippen molar-refractivity contribution in [3.05, 3.63) is 52.3 Å². The van der Waals surface area contributed by atoms with Crippen molar-refractivity contribution >= 4 is 29.2 Å². The first-order valence-corrected chi connectivity index (χ1v) is 8.60. The molecule has 6 nitrogen and oxygen atoms in total. The molecule has 0 saturated heterocycles. The van der Waals surface area contributed by atoms with Gasteiger partial charge in [0.05, 0.1) is 10.6 Å². The molecule has 27 heavy (non-hydrogen) atoms. The van der Waals surface area contributed by atoms with E-state index in [9.17, 15) is 14.0 Å². The predicted molar refractivity (Wildman–Crippen MR) is 97.1 cm³/mol. The van der Waals surface area contributed by atoms with E-state index in [-0.39, 0.29) is 16.3 Å². The van der Waals surface area contributed by atoms with E-state index < -0.39 is 23.8 Å². The molecule has 1 amide bonds. The number of halogens is 2. The number of nitrogens with one attached hydrogen (secondary N) is 1. The third-order valence-corrected chi connectivity index (χ3v) is 4.21. The van der Waals surface area contributed by atoms with Gasteiger partial charge in [0.15, 0.2) is 17.6 Å². The summed E-state index contributed by atoms with van der Waals surface area (Å²) in [6, 6.07) is 7.13. The van der Waals surface area contributed by atoms with Crippen molar-refractivity contribution in [1.29, 1.82) is 0 Å². The molecule has 0 aliphatic carbocycles. The van der Waals surface area contributed by atoms with Gasteiger partial charge in [0.2, 0.25) is 0 Å². The molecule has 1 aliphatic heterocycles. The predicted octanol–water partition coefficient (Wildman–Crippen LogP) is 3.74. The van der Waals surface area contributed by atoms with E-state index in [1.54, 1.807) is 19.1 Å². The minimum atomic E-state index is -1.10. The largest absolute Gasteiger partial charge is 0.486 e. The second-order valence-electron chi connectivity index (χ2n) is 5.98. The van der Waals surface area contributed by atoms with Gasteiger partial charge in [-0.25, -0.2) is 9.18 Å². The average molecular weight is 394 g/mol. The average Bonchev–Trinajstić information content (AvgIpc) is 2.64. The molecule has 0 unspecified atom stereocenters. The highest BCUT2D eigenvalue weighted by Gasteiger charge is 2.23. The highest BCUT2D eigenvalue weighted by atomic mass is 35.5. The number of fused-ring (bicyclic) bond motifs is 1. The zero-order valence-corrected chi connectivity index (χ0v) is 15.4. The van der Waals surface area contributed by atoms with Gasteiger partial charge in [0, 0.05) is 5.69 Å². The summed E-state index contributed by atoms with van der Waals surface area (Å²) < 4.78 is 29.5. The molecule has 1 atom stereocenters. The number of esters is 1. The highest BCUT2D eigenvalue weighted by Crippen LogP contribution is 2.38. The number of carbonyl (C=O) groups excluding carboxylic acids is 2. The van der Waals surface area contributed by atoms with Crippen LogP contribution >= 0.6 is 11.6 Å². The normalized spacial score (nSPS) is 13.6. The molecule has 2 aromatic rings. The summed E-state index contributed by atoms with van der Waals surface area (Å²) in [6.07, 6.45) is -1.10. The molecule has 0 fully saturated rings. The number of anilines is 1. The Morgan fingerprint density at radius 1 is 1.22 bits per heavy atom. The van der Waals surface area contributed by atoms with Crippen LogP contribution in [0.15, 0.2) is 30.3 Å². The molecule has 3 rings (SSSR count). The van der Waals surface area contributed by atoms with Crippen LogP contribution in [-0.2, 0) is 9.53 Å². The zero-order chi connectivity index (χ0) is 19.6. The minimum absolute atomic E-state index is 0.130. The van der Waals surface area contributed by atoms with Crippen molar-refractivity contribution in [2.24, 2.45) is 0 Å². The quantitative estimate of drug-likeness (QED) is 0.801. The molecule has 0 spiro atoms. The van der Waals surface area contributed by atoms with Crippen LogP contribution < -0.4 is 14.8 Å². The fourth-order valence-electron chi connectivity index (χ4n) is 2.43. The standard InChI is InChI=1S/C19H17ClFNO5/c1-10-3-4-13(9-15(10)21)22-18(23)11(2)27-19(24)12-7-14(20)17-16(8-12)25-5-6-26-17/h3-4,7-9,11H,5-6H2,1-2H3,(H,22,23)/t11-/m0/s1. The summed E-state index contributed by atoms with van der Waals surface area (Å²) in [5.74, 6) is -1.06. The van der Waals surface area contributed by atoms with Crippen LogP contribution in [0.3, 0.4) is 0 Å². The molecule has 0 saturated carbocycles. The van der Waals surface area contributed by atoms with Crippen molar-refractivity contribution in [2.45, 2.75) is 20.0 Å². The molecule has 0 bridgehead atoms. The number of hydrogen-bond acceptors (Lipinski definition) is 5. The molecule has 8 heteroatoms. The van der Waals surface area contributed by atoms with Crippen LogP contribution in [0.1, 0.15) is 22.8 Å². The summed E-state index contributed by atoms with van der Waals surface area (Å²) in [4.78, 5) is 24.5. The number of aryl methyl sites for hydroxylation is 1. The Morgan fingerprint density at radius 2 is 1.96 bits per heavy atom. The van der Waals surface area contributed by atoms with Gasteiger partial charge in [0.1, 0.15) is 19.0 Å². The van der Waals surface area contributed by atoms with Gasteiger partial charge >= 0.3 is 5.97 Å². The van der Waals surface area contributed by atoms with Gasteiger partial charge in [-0.3, -0.25) is 4.79 Å². The monoisotopic (exact) mass is 393 g/mol. The second kappa shape index (κ2) is 7.84. The molecule has 1 heterocycles. The zero-order valence-electron chi connectivity index (χ0n) is 14.7. The number of benzene rings is 2. The van der Waals surface area contributed by atoms with E-state index in [1.165, 1.54) is 25.1 Å². The summed E-state index contributed by atoms with van der Waals surface area (Å²) in [5.41, 5.74) is 0.863. The number of hydrogen-bond donors (Lipinski definition) is 1. The van der Waals surface area contributed by atoms with E-state index in [2.05, 4.69) is 5.32 Å². The molecule has 2 aromatic carbocycles. The lowest BCUT2D eigenvalue weighted by Gasteiger charge is -2.20. The topological polar surface area (TPSA) is 73.9 Å². The van der Waals surface area contributed by atoms with Crippen LogP contribution in [0.5, 0.6) is 11.5 Å². The van der Waals surface area contributed by atoms with Crippen LogP contribution in [0.4, 0.5) is 10.1 Å². The van der Waals surface area contributed by atoms with Gasteiger partial charge < -0.3 is 19.5 Å². The number of rotatable bonds is 4. The van der Waals surface area contributed by atoms with Crippen molar-refractivity contribution in [3.63, 3.8) is 0 Å². The Labute approximate surface area is 160 Å². The lowest BCUT2D eigenvalue weighted by molar-refractivity contribution is -0.123. The molecular formula is C19H17ClFNO5. The summed E-state index contributed by atoms with van der Waals surface area (Å²) in [5, 5.41) is 2.72. The Kier molecular flexibility index (Phi) is 5.51. The summed E-state index contributed by atoms with van der Waals surface area (Å²) in [7, 11) is 0.